The largest absolute Gasteiger partial charge is 0.359 e. The highest BCUT2D eigenvalue weighted by Gasteiger charge is 2.26. The summed E-state index contributed by atoms with van der Waals surface area (Å²) in [6, 6.07) is 10.0. The Balaban J connectivity index is 1.26. The number of anilines is 1. The molecule has 4 heterocycles. The number of H-pyrrole nitrogens is 1. The van der Waals surface area contributed by atoms with E-state index in [9.17, 15) is 9.59 Å². The average Bonchev–Trinajstić information content (AvgIpc) is 3.42. The smallest absolute Gasteiger partial charge is 0.270 e. The fourth-order valence-electron chi connectivity index (χ4n) is 3.84. The van der Waals surface area contributed by atoms with Crippen molar-refractivity contribution >= 4 is 39.2 Å². The van der Waals surface area contributed by atoms with E-state index in [0.717, 1.165) is 39.4 Å². The van der Waals surface area contributed by atoms with E-state index in [1.807, 2.05) is 35.2 Å². The molecule has 2 aliphatic rings. The third kappa shape index (κ3) is 3.24. The highest BCUT2D eigenvalue weighted by molar-refractivity contribution is 7.15. The van der Waals surface area contributed by atoms with Gasteiger partial charge in [0, 0.05) is 47.8 Å². The molecule has 28 heavy (non-hydrogen) atoms. The second kappa shape index (κ2) is 6.94. The van der Waals surface area contributed by atoms with Crippen molar-refractivity contribution in [2.45, 2.75) is 31.8 Å². The Hall–Kier alpha value is -2.87. The number of para-hydroxylation sites is 1. The lowest BCUT2D eigenvalue weighted by atomic mass is 10.1. The van der Waals surface area contributed by atoms with Crippen LogP contribution in [0.2, 0.25) is 0 Å². The maximum Gasteiger partial charge on any atom is 0.270 e. The minimum Gasteiger partial charge on any atom is -0.359 e. The van der Waals surface area contributed by atoms with Gasteiger partial charge in [-0.05, 0) is 18.6 Å². The van der Waals surface area contributed by atoms with Crippen molar-refractivity contribution in [3.05, 3.63) is 46.6 Å². The van der Waals surface area contributed by atoms with Crippen molar-refractivity contribution < 1.29 is 9.59 Å². The summed E-state index contributed by atoms with van der Waals surface area (Å²) in [7, 11) is 0. The summed E-state index contributed by atoms with van der Waals surface area (Å²) in [5.41, 5.74) is 2.68. The molecule has 2 aromatic heterocycles. The topological polar surface area (TPSA) is 90.1 Å². The Morgan fingerprint density at radius 3 is 3.04 bits per heavy atom. The van der Waals surface area contributed by atoms with E-state index in [0.29, 0.717) is 31.7 Å². The van der Waals surface area contributed by atoms with Crippen LogP contribution in [0, 0.1) is 0 Å². The number of rotatable bonds is 4. The molecule has 1 fully saturated rings. The fourth-order valence-corrected chi connectivity index (χ4v) is 4.87. The molecule has 0 spiro atoms. The highest BCUT2D eigenvalue weighted by atomic mass is 32.1. The maximum atomic E-state index is 12.9. The molecule has 144 valence electrons. The number of carbonyl (C=O) groups excluding carboxylic acids is 2. The number of aromatic amines is 1. The number of hydrogen-bond donors (Lipinski definition) is 3. The second-order valence-electron chi connectivity index (χ2n) is 7.32. The van der Waals surface area contributed by atoms with Crippen LogP contribution in [0.4, 0.5) is 5.13 Å². The molecular formula is C20H21N5O2S. The van der Waals surface area contributed by atoms with E-state index in [-0.39, 0.29) is 17.9 Å². The summed E-state index contributed by atoms with van der Waals surface area (Å²) in [5.74, 6) is 0.148. The first-order chi connectivity index (χ1) is 13.7. The lowest BCUT2D eigenvalue weighted by Gasteiger charge is -2.25. The molecule has 8 heteroatoms. The first kappa shape index (κ1) is 17.2. The van der Waals surface area contributed by atoms with E-state index < -0.39 is 0 Å². The van der Waals surface area contributed by atoms with Gasteiger partial charge < -0.3 is 20.5 Å². The van der Waals surface area contributed by atoms with Crippen LogP contribution in [-0.2, 0) is 17.8 Å². The SMILES string of the molecule is O=C1CCC(CNc2nc3c(s2)CN(C(=O)c2cc4ccccc4[nH]2)CC3)N1. The molecule has 1 atom stereocenters. The number of nitrogens with one attached hydrogen (secondary N) is 3. The van der Waals surface area contributed by atoms with Crippen LogP contribution in [0.1, 0.15) is 33.9 Å². The first-order valence-corrected chi connectivity index (χ1v) is 10.4. The Morgan fingerprint density at radius 2 is 2.21 bits per heavy atom. The minimum absolute atomic E-state index is 0.0263. The number of aromatic nitrogens is 2. The molecule has 5 rings (SSSR count). The summed E-state index contributed by atoms with van der Waals surface area (Å²) >= 11 is 1.60. The number of benzene rings is 1. The number of carbonyl (C=O) groups is 2. The van der Waals surface area contributed by atoms with Gasteiger partial charge in [-0.2, -0.15) is 0 Å². The third-order valence-electron chi connectivity index (χ3n) is 5.36. The van der Waals surface area contributed by atoms with Crippen molar-refractivity contribution in [1.82, 2.24) is 20.2 Å². The molecule has 2 amide bonds. The fraction of sp³-hybridized carbons (Fsp3) is 0.350. The molecule has 0 bridgehead atoms. The van der Waals surface area contributed by atoms with Gasteiger partial charge >= 0.3 is 0 Å². The van der Waals surface area contributed by atoms with E-state index in [1.54, 1.807) is 11.3 Å². The predicted molar refractivity (Wildman–Crippen MR) is 109 cm³/mol. The van der Waals surface area contributed by atoms with Gasteiger partial charge in [-0.1, -0.05) is 29.5 Å². The molecule has 1 aromatic carbocycles. The quantitative estimate of drug-likeness (QED) is 0.633. The van der Waals surface area contributed by atoms with Gasteiger partial charge in [0.05, 0.1) is 12.2 Å². The van der Waals surface area contributed by atoms with E-state index >= 15 is 0 Å². The Bertz CT molecular complexity index is 1020. The summed E-state index contributed by atoms with van der Waals surface area (Å²) in [5, 5.41) is 8.21. The van der Waals surface area contributed by atoms with E-state index in [1.165, 1.54) is 0 Å². The molecular weight excluding hydrogens is 374 g/mol. The lowest BCUT2D eigenvalue weighted by Crippen LogP contribution is -2.35. The van der Waals surface area contributed by atoms with Gasteiger partial charge in [0.15, 0.2) is 5.13 Å². The number of nitrogens with zero attached hydrogens (tertiary/aromatic N) is 2. The van der Waals surface area contributed by atoms with Crippen molar-refractivity contribution in [3.8, 4) is 0 Å². The number of fused-ring (bicyclic) bond motifs is 2. The van der Waals surface area contributed by atoms with Crippen molar-refractivity contribution in [2.75, 3.05) is 18.4 Å². The zero-order valence-electron chi connectivity index (χ0n) is 15.3. The van der Waals surface area contributed by atoms with Crippen LogP contribution in [0.25, 0.3) is 10.9 Å². The zero-order chi connectivity index (χ0) is 19.1. The van der Waals surface area contributed by atoms with Gasteiger partial charge in [0.2, 0.25) is 5.91 Å². The van der Waals surface area contributed by atoms with Crippen LogP contribution >= 0.6 is 11.3 Å². The minimum atomic E-state index is 0.0263. The van der Waals surface area contributed by atoms with Crippen LogP contribution in [0.15, 0.2) is 30.3 Å². The summed E-state index contributed by atoms with van der Waals surface area (Å²) in [4.78, 5) is 35.2. The Kier molecular flexibility index (Phi) is 4.27. The zero-order valence-corrected chi connectivity index (χ0v) is 16.1. The van der Waals surface area contributed by atoms with Gasteiger partial charge in [-0.3, -0.25) is 9.59 Å². The number of thiazole rings is 1. The van der Waals surface area contributed by atoms with Crippen LogP contribution in [0.3, 0.4) is 0 Å². The molecule has 0 aliphatic carbocycles. The van der Waals surface area contributed by atoms with Crippen molar-refractivity contribution in [2.24, 2.45) is 0 Å². The van der Waals surface area contributed by atoms with E-state index in [4.69, 9.17) is 0 Å². The average molecular weight is 395 g/mol. The van der Waals surface area contributed by atoms with Crippen molar-refractivity contribution in [3.63, 3.8) is 0 Å². The lowest BCUT2D eigenvalue weighted by molar-refractivity contribution is -0.119. The molecule has 0 saturated carbocycles. The van der Waals surface area contributed by atoms with Crippen molar-refractivity contribution in [1.29, 1.82) is 0 Å². The molecule has 1 saturated heterocycles. The standard InChI is InChI=1S/C20H21N5O2S/c26-18-6-5-13(22-18)10-21-20-24-15-7-8-25(11-17(15)28-20)19(27)16-9-12-3-1-2-4-14(12)23-16/h1-4,9,13,23H,5-8,10-11H2,(H,21,24)(H,22,26). The molecule has 7 nitrogen and oxygen atoms in total. The highest BCUT2D eigenvalue weighted by Crippen LogP contribution is 2.29. The maximum absolute atomic E-state index is 12.9. The van der Waals surface area contributed by atoms with E-state index in [2.05, 4.69) is 20.6 Å². The molecule has 2 aliphatic heterocycles. The first-order valence-electron chi connectivity index (χ1n) is 9.54. The van der Waals surface area contributed by atoms with Gasteiger partial charge in [0.1, 0.15) is 5.69 Å². The number of hydrogen-bond acceptors (Lipinski definition) is 5. The Labute approximate surface area is 166 Å². The van der Waals surface area contributed by atoms with Crippen LogP contribution in [0.5, 0.6) is 0 Å². The summed E-state index contributed by atoms with van der Waals surface area (Å²) in [6.45, 7) is 1.95. The molecule has 3 N–H and O–H groups in total. The normalized spacial score (nSPS) is 18.9. The van der Waals surface area contributed by atoms with Crippen LogP contribution in [-0.4, -0.2) is 45.8 Å². The molecule has 1 unspecified atom stereocenters. The van der Waals surface area contributed by atoms with Gasteiger partial charge in [0.25, 0.3) is 5.91 Å². The van der Waals surface area contributed by atoms with Crippen LogP contribution < -0.4 is 10.6 Å². The van der Waals surface area contributed by atoms with Gasteiger partial charge in [-0.15, -0.1) is 0 Å². The molecule has 3 aromatic rings. The molecule has 0 radical (unpaired) electrons. The summed E-state index contributed by atoms with van der Waals surface area (Å²) in [6.07, 6.45) is 2.23. The third-order valence-corrected chi connectivity index (χ3v) is 6.40. The Morgan fingerprint density at radius 1 is 1.32 bits per heavy atom. The monoisotopic (exact) mass is 395 g/mol. The second-order valence-corrected chi connectivity index (χ2v) is 8.40. The summed E-state index contributed by atoms with van der Waals surface area (Å²) < 4.78 is 0. The van der Waals surface area contributed by atoms with Gasteiger partial charge in [-0.25, -0.2) is 4.98 Å². The predicted octanol–water partition coefficient (Wildman–Crippen LogP) is 2.51. The number of amides is 2.